The molecule has 10 heavy (non-hydrogen) atoms. The summed E-state index contributed by atoms with van der Waals surface area (Å²) in [6, 6.07) is 0. The molecule has 0 amide bonds. The van der Waals surface area contributed by atoms with Gasteiger partial charge in [0.05, 0.1) is 5.92 Å². The summed E-state index contributed by atoms with van der Waals surface area (Å²) in [5, 5.41) is 0. The van der Waals surface area contributed by atoms with Crippen LogP contribution in [0.5, 0.6) is 0 Å². The molecule has 2 nitrogen and oxygen atoms in total. The van der Waals surface area contributed by atoms with Crippen molar-refractivity contribution in [3.8, 4) is 0 Å². The number of ketones is 2. The zero-order chi connectivity index (χ0) is 7.89. The normalized spacial score (nSPS) is 21.1. The van der Waals surface area contributed by atoms with E-state index in [4.69, 9.17) is 0 Å². The largest absolute Gasteiger partial charge is 0.294 e. The molecule has 0 saturated carbocycles. The molecule has 0 aromatic rings. The van der Waals surface area contributed by atoms with Crippen LogP contribution in [0.1, 0.15) is 20.8 Å². The van der Waals surface area contributed by atoms with Crippen LogP contribution in [0.3, 0.4) is 0 Å². The number of hydrogen-bond donors (Lipinski definition) is 0. The molecule has 0 aromatic carbocycles. The van der Waals surface area contributed by atoms with E-state index in [0.717, 1.165) is 0 Å². The van der Waals surface area contributed by atoms with Crippen molar-refractivity contribution >= 4 is 11.6 Å². The molecule has 0 atom stereocenters. The number of carbonyl (C=O) groups excluding carboxylic acids is 2. The first-order valence-corrected chi connectivity index (χ1v) is 3.31. The summed E-state index contributed by atoms with van der Waals surface area (Å²) < 4.78 is 0. The van der Waals surface area contributed by atoms with Crippen LogP contribution < -0.4 is 0 Å². The van der Waals surface area contributed by atoms with Gasteiger partial charge in [0.1, 0.15) is 0 Å². The summed E-state index contributed by atoms with van der Waals surface area (Å²) >= 11 is 0. The highest BCUT2D eigenvalue weighted by Gasteiger charge is 2.32. The fourth-order valence-electron chi connectivity index (χ4n) is 1.14. The second-order valence-corrected chi connectivity index (χ2v) is 2.70. The first-order chi connectivity index (χ1) is 4.55. The third-order valence-electron chi connectivity index (χ3n) is 2.09. The Balaban J connectivity index is 3.11. The van der Waals surface area contributed by atoms with Gasteiger partial charge in [-0.05, 0) is 31.9 Å². The third kappa shape index (κ3) is 0.719. The fourth-order valence-corrected chi connectivity index (χ4v) is 1.14. The number of carbonyl (C=O) groups is 2. The SMILES string of the molecule is CC1=C(C)C(=O)C(C)C1=O. The van der Waals surface area contributed by atoms with Gasteiger partial charge in [0.25, 0.3) is 0 Å². The molecule has 0 radical (unpaired) electrons. The Morgan fingerprint density at radius 2 is 1.30 bits per heavy atom. The molecule has 0 heterocycles. The van der Waals surface area contributed by atoms with Crippen LogP contribution in [0.4, 0.5) is 0 Å². The predicted octanol–water partition coefficient (Wildman–Crippen LogP) is 1.11. The van der Waals surface area contributed by atoms with Gasteiger partial charge >= 0.3 is 0 Å². The molecular weight excluding hydrogens is 128 g/mol. The summed E-state index contributed by atoms with van der Waals surface area (Å²) in [6.07, 6.45) is 0. The second kappa shape index (κ2) is 2.04. The lowest BCUT2D eigenvalue weighted by molar-refractivity contribution is -0.125. The molecule has 0 fully saturated rings. The Bertz CT molecular complexity index is 212. The molecule has 0 unspecified atom stereocenters. The van der Waals surface area contributed by atoms with Crippen molar-refractivity contribution in [2.24, 2.45) is 5.92 Å². The molecule has 0 spiro atoms. The first kappa shape index (κ1) is 7.19. The van der Waals surface area contributed by atoms with Gasteiger partial charge in [-0.1, -0.05) is 0 Å². The monoisotopic (exact) mass is 138 g/mol. The molecule has 1 rings (SSSR count). The molecule has 1 aliphatic carbocycles. The van der Waals surface area contributed by atoms with E-state index in [-0.39, 0.29) is 11.6 Å². The number of rotatable bonds is 0. The van der Waals surface area contributed by atoms with Gasteiger partial charge in [-0.3, -0.25) is 9.59 Å². The van der Waals surface area contributed by atoms with E-state index in [1.165, 1.54) is 0 Å². The van der Waals surface area contributed by atoms with Gasteiger partial charge in [-0.2, -0.15) is 0 Å². The van der Waals surface area contributed by atoms with Crippen LogP contribution in [0.15, 0.2) is 11.1 Å². The van der Waals surface area contributed by atoms with Crippen molar-refractivity contribution < 1.29 is 9.59 Å². The average molecular weight is 138 g/mol. The van der Waals surface area contributed by atoms with E-state index in [2.05, 4.69) is 0 Å². The van der Waals surface area contributed by atoms with E-state index in [9.17, 15) is 9.59 Å². The quantitative estimate of drug-likeness (QED) is 0.470. The minimum Gasteiger partial charge on any atom is -0.294 e. The number of hydrogen-bond acceptors (Lipinski definition) is 2. The maximum atomic E-state index is 11.0. The molecule has 0 N–H and O–H groups in total. The van der Waals surface area contributed by atoms with Crippen LogP contribution in [-0.2, 0) is 9.59 Å². The summed E-state index contributed by atoms with van der Waals surface area (Å²) in [5.41, 5.74) is 1.27. The van der Waals surface area contributed by atoms with Crippen molar-refractivity contribution in [1.82, 2.24) is 0 Å². The molecule has 54 valence electrons. The molecule has 2 heteroatoms. The van der Waals surface area contributed by atoms with Crippen LogP contribution in [0.2, 0.25) is 0 Å². The van der Waals surface area contributed by atoms with Crippen molar-refractivity contribution in [1.29, 1.82) is 0 Å². The lowest BCUT2D eigenvalue weighted by Crippen LogP contribution is -2.12. The van der Waals surface area contributed by atoms with Gasteiger partial charge in [0, 0.05) is 0 Å². The van der Waals surface area contributed by atoms with Crippen molar-refractivity contribution in [2.75, 3.05) is 0 Å². The average Bonchev–Trinajstić information content (AvgIpc) is 2.07. The maximum Gasteiger partial charge on any atom is 0.169 e. The smallest absolute Gasteiger partial charge is 0.169 e. The minimum absolute atomic E-state index is 0.0116. The molecule has 0 saturated heterocycles. The van der Waals surface area contributed by atoms with Gasteiger partial charge in [0.2, 0.25) is 0 Å². The van der Waals surface area contributed by atoms with Gasteiger partial charge in [-0.15, -0.1) is 0 Å². The molecular formula is C8H10O2. The molecule has 0 bridgehead atoms. The fraction of sp³-hybridized carbons (Fsp3) is 0.500. The van der Waals surface area contributed by atoms with Gasteiger partial charge in [-0.25, -0.2) is 0 Å². The van der Waals surface area contributed by atoms with Crippen LogP contribution >= 0.6 is 0 Å². The first-order valence-electron chi connectivity index (χ1n) is 3.31. The predicted molar refractivity (Wildman–Crippen MR) is 37.6 cm³/mol. The van der Waals surface area contributed by atoms with Crippen molar-refractivity contribution in [2.45, 2.75) is 20.8 Å². The second-order valence-electron chi connectivity index (χ2n) is 2.70. The Kier molecular flexibility index (Phi) is 1.47. The summed E-state index contributed by atoms with van der Waals surface area (Å²) in [6.45, 7) is 5.07. The minimum atomic E-state index is -0.417. The maximum absolute atomic E-state index is 11.0. The summed E-state index contributed by atoms with van der Waals surface area (Å²) in [4.78, 5) is 22.1. The lowest BCUT2D eigenvalue weighted by atomic mass is 10.1. The van der Waals surface area contributed by atoms with Crippen LogP contribution in [0.25, 0.3) is 0 Å². The van der Waals surface area contributed by atoms with Crippen molar-refractivity contribution in [3.63, 3.8) is 0 Å². The number of Topliss-reactive ketones (excluding diaryl/α,β-unsaturated/α-hetero) is 2. The van der Waals surface area contributed by atoms with E-state index < -0.39 is 5.92 Å². The van der Waals surface area contributed by atoms with Gasteiger partial charge in [0.15, 0.2) is 11.6 Å². The highest BCUT2D eigenvalue weighted by molar-refractivity contribution is 6.23. The highest BCUT2D eigenvalue weighted by atomic mass is 16.2. The molecule has 1 aliphatic rings. The lowest BCUT2D eigenvalue weighted by Gasteiger charge is -1.94. The van der Waals surface area contributed by atoms with Crippen molar-refractivity contribution in [3.05, 3.63) is 11.1 Å². The topological polar surface area (TPSA) is 34.1 Å². The van der Waals surface area contributed by atoms with Gasteiger partial charge < -0.3 is 0 Å². The standard InChI is InChI=1S/C8H10O2/c1-4-5(2)8(10)6(3)7(4)9/h6H,1-3H3. The summed E-state index contributed by atoms with van der Waals surface area (Å²) in [5.74, 6) is -0.440. The van der Waals surface area contributed by atoms with E-state index >= 15 is 0 Å². The third-order valence-corrected chi connectivity index (χ3v) is 2.09. The van der Waals surface area contributed by atoms with E-state index in [0.29, 0.717) is 11.1 Å². The Labute approximate surface area is 59.9 Å². The van der Waals surface area contributed by atoms with Crippen LogP contribution in [0, 0.1) is 5.92 Å². The zero-order valence-electron chi connectivity index (χ0n) is 6.39. The Hall–Kier alpha value is -0.920. The summed E-state index contributed by atoms with van der Waals surface area (Å²) in [7, 11) is 0. The Morgan fingerprint density at radius 3 is 1.40 bits per heavy atom. The van der Waals surface area contributed by atoms with Crippen LogP contribution in [-0.4, -0.2) is 11.6 Å². The zero-order valence-corrected chi connectivity index (χ0v) is 6.39. The molecule has 0 aliphatic heterocycles. The van der Waals surface area contributed by atoms with E-state index in [1.54, 1.807) is 20.8 Å². The van der Waals surface area contributed by atoms with E-state index in [1.807, 2.05) is 0 Å². The molecule has 0 aromatic heterocycles. The number of allylic oxidation sites excluding steroid dienone is 2. The Morgan fingerprint density at radius 1 is 1.00 bits per heavy atom. The highest BCUT2D eigenvalue weighted by Crippen LogP contribution is 2.23.